The zero-order valence-corrected chi connectivity index (χ0v) is 11.3. The molecule has 0 bridgehead atoms. The third-order valence-electron chi connectivity index (χ3n) is 3.15. The lowest BCUT2D eigenvalue weighted by molar-refractivity contribution is -0.145. The molecule has 0 aliphatic carbocycles. The highest BCUT2D eigenvalue weighted by Gasteiger charge is 2.27. The quantitative estimate of drug-likeness (QED) is 0.741. The van der Waals surface area contributed by atoms with Gasteiger partial charge in [-0.3, -0.25) is 0 Å². The number of hydrogen-bond acceptors (Lipinski definition) is 3. The van der Waals surface area contributed by atoms with Crippen molar-refractivity contribution in [2.75, 3.05) is 0 Å². The second kappa shape index (κ2) is 5.05. The smallest absolute Gasteiger partial charge is 0.331 e. The van der Waals surface area contributed by atoms with Crippen molar-refractivity contribution in [2.45, 2.75) is 39.7 Å². The molecule has 92 valence electrons. The van der Waals surface area contributed by atoms with Gasteiger partial charge in [0.05, 0.1) is 0 Å². The van der Waals surface area contributed by atoms with Crippen LogP contribution >= 0.6 is 11.3 Å². The summed E-state index contributed by atoms with van der Waals surface area (Å²) in [5.74, 6) is 0.160. The van der Waals surface area contributed by atoms with Crippen molar-refractivity contribution in [2.24, 2.45) is 5.92 Å². The molecule has 0 spiro atoms. The van der Waals surface area contributed by atoms with Crippen LogP contribution in [0.15, 0.2) is 23.1 Å². The van der Waals surface area contributed by atoms with Crippen LogP contribution in [-0.4, -0.2) is 5.97 Å². The minimum atomic E-state index is -0.192. The van der Waals surface area contributed by atoms with Gasteiger partial charge in [0.1, 0.15) is 6.10 Å². The maximum absolute atomic E-state index is 11.7. The van der Waals surface area contributed by atoms with Crippen LogP contribution < -0.4 is 0 Å². The summed E-state index contributed by atoms with van der Waals surface area (Å²) < 4.78 is 5.55. The minimum Gasteiger partial charge on any atom is -0.453 e. The molecular formula is C14H18O2S. The highest BCUT2D eigenvalue weighted by atomic mass is 32.1. The molecule has 1 aliphatic heterocycles. The van der Waals surface area contributed by atoms with Gasteiger partial charge in [-0.25, -0.2) is 4.79 Å². The summed E-state index contributed by atoms with van der Waals surface area (Å²) in [5.41, 5.74) is 2.43. The number of esters is 1. The fraction of sp³-hybridized carbons (Fsp3) is 0.500. The van der Waals surface area contributed by atoms with E-state index in [0.717, 1.165) is 17.7 Å². The monoisotopic (exact) mass is 250 g/mol. The first-order valence-corrected chi connectivity index (χ1v) is 6.93. The number of carbonyl (C=O) groups excluding carboxylic acids is 1. The molecule has 1 aliphatic rings. The first kappa shape index (κ1) is 12.4. The van der Waals surface area contributed by atoms with Crippen LogP contribution in [0.4, 0.5) is 0 Å². The Labute approximate surface area is 106 Å². The van der Waals surface area contributed by atoms with Gasteiger partial charge in [-0.05, 0) is 36.8 Å². The van der Waals surface area contributed by atoms with Gasteiger partial charge in [0.25, 0.3) is 0 Å². The topological polar surface area (TPSA) is 26.3 Å². The van der Waals surface area contributed by atoms with E-state index in [0.29, 0.717) is 5.92 Å². The van der Waals surface area contributed by atoms with E-state index in [4.69, 9.17) is 4.74 Å². The molecule has 0 unspecified atom stereocenters. The summed E-state index contributed by atoms with van der Waals surface area (Å²) in [4.78, 5) is 12.9. The van der Waals surface area contributed by atoms with Crippen molar-refractivity contribution in [1.29, 1.82) is 0 Å². The van der Waals surface area contributed by atoms with E-state index in [1.165, 1.54) is 11.1 Å². The summed E-state index contributed by atoms with van der Waals surface area (Å²) >= 11 is 1.68. The molecule has 0 aromatic carbocycles. The van der Waals surface area contributed by atoms with Gasteiger partial charge >= 0.3 is 5.97 Å². The summed E-state index contributed by atoms with van der Waals surface area (Å²) in [5, 5.41) is 2.11. The Morgan fingerprint density at radius 2 is 2.29 bits per heavy atom. The highest BCUT2D eigenvalue weighted by Crippen LogP contribution is 2.36. The second-order valence-corrected chi connectivity index (χ2v) is 5.66. The Balaban J connectivity index is 2.23. The standard InChI is InChI=1S/C14H18O2S/c1-4-11-6-10(3)14(16-13(15)7-11)12-5-9(2)8-17-12/h5,7-8,10,14H,4,6H2,1-3H3/t10-,14+/m1/s1. The van der Waals surface area contributed by atoms with Crippen molar-refractivity contribution in [3.63, 3.8) is 0 Å². The Bertz CT molecular complexity index is 445. The Morgan fingerprint density at radius 1 is 1.53 bits per heavy atom. The molecule has 1 aromatic rings. The molecule has 0 radical (unpaired) electrons. The van der Waals surface area contributed by atoms with Crippen LogP contribution in [0.2, 0.25) is 0 Å². The maximum Gasteiger partial charge on any atom is 0.331 e. The van der Waals surface area contributed by atoms with Crippen LogP contribution in [0.3, 0.4) is 0 Å². The van der Waals surface area contributed by atoms with Gasteiger partial charge in [0, 0.05) is 16.9 Å². The van der Waals surface area contributed by atoms with E-state index in [1.54, 1.807) is 17.4 Å². The van der Waals surface area contributed by atoms with E-state index >= 15 is 0 Å². The Morgan fingerprint density at radius 3 is 2.88 bits per heavy atom. The van der Waals surface area contributed by atoms with Crippen LogP contribution in [0, 0.1) is 12.8 Å². The predicted molar refractivity (Wildman–Crippen MR) is 70.0 cm³/mol. The Kier molecular flexibility index (Phi) is 3.67. The van der Waals surface area contributed by atoms with E-state index in [9.17, 15) is 4.79 Å². The van der Waals surface area contributed by atoms with Crippen molar-refractivity contribution in [3.05, 3.63) is 33.5 Å². The highest BCUT2D eigenvalue weighted by molar-refractivity contribution is 7.10. The van der Waals surface area contributed by atoms with Gasteiger partial charge in [-0.15, -0.1) is 11.3 Å². The van der Waals surface area contributed by atoms with E-state index in [-0.39, 0.29) is 12.1 Å². The van der Waals surface area contributed by atoms with Crippen LogP contribution in [0.25, 0.3) is 0 Å². The zero-order valence-electron chi connectivity index (χ0n) is 10.5. The summed E-state index contributed by atoms with van der Waals surface area (Å²) in [6.45, 7) is 6.31. The molecule has 0 N–H and O–H groups in total. The van der Waals surface area contributed by atoms with Crippen molar-refractivity contribution >= 4 is 17.3 Å². The summed E-state index contributed by atoms with van der Waals surface area (Å²) in [7, 11) is 0. The largest absolute Gasteiger partial charge is 0.453 e. The number of allylic oxidation sites excluding steroid dienone is 1. The molecule has 17 heavy (non-hydrogen) atoms. The third-order valence-corrected chi connectivity index (χ3v) is 4.26. The van der Waals surface area contributed by atoms with Gasteiger partial charge in [-0.2, -0.15) is 0 Å². The lowest BCUT2D eigenvalue weighted by Gasteiger charge is -2.20. The van der Waals surface area contributed by atoms with Crippen LogP contribution in [0.5, 0.6) is 0 Å². The van der Waals surface area contributed by atoms with Gasteiger partial charge in [0.2, 0.25) is 0 Å². The number of thiophene rings is 1. The second-order valence-electron chi connectivity index (χ2n) is 4.72. The molecule has 0 saturated carbocycles. The number of cyclic esters (lactones) is 1. The average molecular weight is 250 g/mol. The number of carbonyl (C=O) groups is 1. The Hall–Kier alpha value is -1.09. The fourth-order valence-electron chi connectivity index (χ4n) is 2.21. The van der Waals surface area contributed by atoms with Gasteiger partial charge < -0.3 is 4.74 Å². The molecule has 0 saturated heterocycles. The lowest BCUT2D eigenvalue weighted by atomic mass is 9.94. The molecule has 3 heteroatoms. The number of ether oxygens (including phenoxy) is 1. The lowest BCUT2D eigenvalue weighted by Crippen LogP contribution is -2.13. The van der Waals surface area contributed by atoms with Crippen molar-refractivity contribution in [1.82, 2.24) is 0 Å². The average Bonchev–Trinajstić information content (AvgIpc) is 2.64. The SMILES string of the molecule is CCC1=CC(=O)O[C@H](c2cc(C)cs2)[C@H](C)C1. The number of rotatable bonds is 2. The van der Waals surface area contributed by atoms with E-state index in [2.05, 4.69) is 32.2 Å². The number of aryl methyl sites for hydroxylation is 1. The molecule has 0 amide bonds. The molecule has 1 aromatic heterocycles. The van der Waals surface area contributed by atoms with Crippen LogP contribution in [-0.2, 0) is 9.53 Å². The molecule has 2 nitrogen and oxygen atoms in total. The van der Waals surface area contributed by atoms with Gasteiger partial charge in [-0.1, -0.05) is 19.4 Å². The fourth-order valence-corrected chi connectivity index (χ4v) is 3.27. The molecule has 2 rings (SSSR count). The van der Waals surface area contributed by atoms with Crippen molar-refractivity contribution < 1.29 is 9.53 Å². The maximum atomic E-state index is 11.7. The first-order valence-electron chi connectivity index (χ1n) is 6.05. The van der Waals surface area contributed by atoms with Crippen molar-refractivity contribution in [3.8, 4) is 0 Å². The first-order chi connectivity index (χ1) is 8.10. The zero-order chi connectivity index (χ0) is 12.4. The molecular weight excluding hydrogens is 232 g/mol. The molecule has 0 fully saturated rings. The molecule has 2 atom stereocenters. The van der Waals surface area contributed by atoms with Crippen LogP contribution in [0.1, 0.15) is 43.2 Å². The number of hydrogen-bond donors (Lipinski definition) is 0. The van der Waals surface area contributed by atoms with Gasteiger partial charge in [0.15, 0.2) is 0 Å². The summed E-state index contributed by atoms with van der Waals surface area (Å²) in [6, 6.07) is 2.12. The minimum absolute atomic E-state index is 0.0819. The molecule has 2 heterocycles. The summed E-state index contributed by atoms with van der Waals surface area (Å²) in [6.07, 6.45) is 3.46. The predicted octanol–water partition coefficient (Wildman–Crippen LogP) is 4.02. The van der Waals surface area contributed by atoms with E-state index < -0.39 is 0 Å². The third kappa shape index (κ3) is 2.78. The normalized spacial score (nSPS) is 25.1. The van der Waals surface area contributed by atoms with E-state index in [1.807, 2.05) is 0 Å².